The van der Waals surface area contributed by atoms with Crippen LogP contribution in [0.5, 0.6) is 0 Å². The molecular formula is C10H15NO4. The Morgan fingerprint density at radius 1 is 1.47 bits per heavy atom. The van der Waals surface area contributed by atoms with Gasteiger partial charge in [0.05, 0.1) is 19.8 Å². The number of hydrogen-bond donors (Lipinski definition) is 0. The monoisotopic (exact) mass is 213 g/mol. The Balaban J connectivity index is 4.39. The van der Waals surface area contributed by atoms with Gasteiger partial charge in [-0.1, -0.05) is 0 Å². The van der Waals surface area contributed by atoms with Gasteiger partial charge in [0.25, 0.3) is 0 Å². The smallest absolute Gasteiger partial charge is 0.326 e. The molecule has 0 aromatic heterocycles. The molecule has 0 aliphatic carbocycles. The van der Waals surface area contributed by atoms with Crippen LogP contribution in [0.25, 0.3) is 0 Å². The van der Waals surface area contributed by atoms with E-state index in [4.69, 9.17) is 10.00 Å². The Morgan fingerprint density at radius 3 is 2.47 bits per heavy atom. The second kappa shape index (κ2) is 6.02. The van der Waals surface area contributed by atoms with E-state index in [0.717, 1.165) is 0 Å². The highest BCUT2D eigenvalue weighted by molar-refractivity contribution is 5.80. The summed E-state index contributed by atoms with van der Waals surface area (Å²) in [5, 5.41) is 8.86. The first-order chi connectivity index (χ1) is 7.00. The Morgan fingerprint density at radius 2 is 2.07 bits per heavy atom. The molecule has 5 heteroatoms. The number of nitriles is 1. The zero-order valence-corrected chi connectivity index (χ0v) is 9.20. The standard InChI is InChI=1S/C10H15NO4/c1-4-15-9(13)10(2,7-11)6-5-8(12)14-3/h4-6H2,1-3H3. The summed E-state index contributed by atoms with van der Waals surface area (Å²) in [6.07, 6.45) is 0.133. The van der Waals surface area contributed by atoms with Gasteiger partial charge in [0.1, 0.15) is 0 Å². The van der Waals surface area contributed by atoms with E-state index in [1.165, 1.54) is 14.0 Å². The Hall–Kier alpha value is -1.57. The van der Waals surface area contributed by atoms with Crippen molar-refractivity contribution in [3.8, 4) is 6.07 Å². The molecule has 0 heterocycles. The molecule has 0 aliphatic rings. The summed E-state index contributed by atoms with van der Waals surface area (Å²) in [6, 6.07) is 1.86. The van der Waals surface area contributed by atoms with Crippen molar-refractivity contribution < 1.29 is 19.1 Å². The second-order valence-corrected chi connectivity index (χ2v) is 3.24. The van der Waals surface area contributed by atoms with Gasteiger partial charge >= 0.3 is 11.9 Å². The molecule has 0 aromatic carbocycles. The first-order valence-electron chi connectivity index (χ1n) is 4.65. The highest BCUT2D eigenvalue weighted by Crippen LogP contribution is 2.24. The van der Waals surface area contributed by atoms with Crippen LogP contribution >= 0.6 is 0 Å². The zero-order chi connectivity index (χ0) is 11.9. The van der Waals surface area contributed by atoms with Crippen LogP contribution in [0.1, 0.15) is 26.7 Å². The van der Waals surface area contributed by atoms with Crippen molar-refractivity contribution in [2.75, 3.05) is 13.7 Å². The molecule has 15 heavy (non-hydrogen) atoms. The summed E-state index contributed by atoms with van der Waals surface area (Å²) in [5.41, 5.74) is -1.27. The van der Waals surface area contributed by atoms with E-state index in [1.807, 2.05) is 6.07 Å². The molecule has 0 saturated heterocycles. The van der Waals surface area contributed by atoms with Crippen molar-refractivity contribution in [1.82, 2.24) is 0 Å². The van der Waals surface area contributed by atoms with Gasteiger partial charge in [-0.05, 0) is 20.3 Å². The molecule has 0 aliphatic heterocycles. The van der Waals surface area contributed by atoms with Crippen molar-refractivity contribution in [3.05, 3.63) is 0 Å². The Bertz CT molecular complexity index is 282. The first kappa shape index (κ1) is 13.4. The summed E-state index contributed by atoms with van der Waals surface area (Å²) < 4.78 is 9.18. The van der Waals surface area contributed by atoms with Gasteiger partial charge in [-0.3, -0.25) is 9.59 Å². The molecule has 0 amide bonds. The lowest BCUT2D eigenvalue weighted by Gasteiger charge is -2.18. The van der Waals surface area contributed by atoms with Crippen molar-refractivity contribution in [2.24, 2.45) is 5.41 Å². The number of ether oxygens (including phenoxy) is 2. The van der Waals surface area contributed by atoms with Crippen LogP contribution in [-0.4, -0.2) is 25.7 Å². The highest BCUT2D eigenvalue weighted by atomic mass is 16.5. The van der Waals surface area contributed by atoms with Gasteiger partial charge in [-0.15, -0.1) is 0 Å². The van der Waals surface area contributed by atoms with Crippen LogP contribution < -0.4 is 0 Å². The van der Waals surface area contributed by atoms with Gasteiger partial charge < -0.3 is 9.47 Å². The predicted octanol–water partition coefficient (Wildman–Crippen LogP) is 1.03. The number of methoxy groups -OCH3 is 1. The molecule has 84 valence electrons. The quantitative estimate of drug-likeness (QED) is 0.637. The molecule has 0 rings (SSSR count). The van der Waals surface area contributed by atoms with E-state index in [-0.39, 0.29) is 19.4 Å². The van der Waals surface area contributed by atoms with E-state index in [9.17, 15) is 9.59 Å². The molecule has 0 spiro atoms. The van der Waals surface area contributed by atoms with Crippen LogP contribution in [0.15, 0.2) is 0 Å². The van der Waals surface area contributed by atoms with Crippen LogP contribution in [0.3, 0.4) is 0 Å². The highest BCUT2D eigenvalue weighted by Gasteiger charge is 2.35. The Kier molecular flexibility index (Phi) is 5.39. The van der Waals surface area contributed by atoms with Crippen molar-refractivity contribution in [2.45, 2.75) is 26.7 Å². The van der Waals surface area contributed by atoms with Gasteiger partial charge in [0, 0.05) is 6.42 Å². The largest absolute Gasteiger partial charge is 0.469 e. The van der Waals surface area contributed by atoms with Crippen molar-refractivity contribution in [1.29, 1.82) is 5.26 Å². The number of carbonyl (C=O) groups is 2. The molecule has 0 aromatic rings. The third kappa shape index (κ3) is 3.98. The third-order valence-electron chi connectivity index (χ3n) is 2.03. The van der Waals surface area contributed by atoms with Gasteiger partial charge in [-0.2, -0.15) is 5.26 Å². The summed E-state index contributed by atoms with van der Waals surface area (Å²) in [6.45, 7) is 3.33. The first-order valence-corrected chi connectivity index (χ1v) is 4.65. The fraction of sp³-hybridized carbons (Fsp3) is 0.700. The number of rotatable bonds is 5. The average molecular weight is 213 g/mol. The number of esters is 2. The van der Waals surface area contributed by atoms with Gasteiger partial charge in [0.2, 0.25) is 0 Å². The van der Waals surface area contributed by atoms with Crippen LogP contribution in [0.2, 0.25) is 0 Å². The topological polar surface area (TPSA) is 76.4 Å². The molecule has 1 unspecified atom stereocenters. The molecule has 0 saturated carbocycles. The fourth-order valence-electron chi connectivity index (χ4n) is 0.948. The van der Waals surface area contributed by atoms with Crippen LogP contribution in [0.4, 0.5) is 0 Å². The lowest BCUT2D eigenvalue weighted by molar-refractivity contribution is -0.152. The molecule has 0 N–H and O–H groups in total. The SMILES string of the molecule is CCOC(=O)C(C)(C#N)CCC(=O)OC. The average Bonchev–Trinajstić information content (AvgIpc) is 2.25. The van der Waals surface area contributed by atoms with Crippen molar-refractivity contribution in [3.63, 3.8) is 0 Å². The summed E-state index contributed by atoms with van der Waals surface area (Å²) in [4.78, 5) is 22.3. The zero-order valence-electron chi connectivity index (χ0n) is 9.20. The molecule has 0 bridgehead atoms. The van der Waals surface area contributed by atoms with E-state index in [2.05, 4.69) is 4.74 Å². The van der Waals surface area contributed by atoms with Gasteiger partial charge in [-0.25, -0.2) is 0 Å². The summed E-state index contributed by atoms with van der Waals surface area (Å²) >= 11 is 0. The maximum absolute atomic E-state index is 11.4. The molecule has 5 nitrogen and oxygen atoms in total. The number of nitrogens with zero attached hydrogens (tertiary/aromatic N) is 1. The number of carbonyl (C=O) groups excluding carboxylic acids is 2. The lowest BCUT2D eigenvalue weighted by atomic mass is 9.87. The fourth-order valence-corrected chi connectivity index (χ4v) is 0.948. The summed E-state index contributed by atoms with van der Waals surface area (Å²) in [5.74, 6) is -1.04. The molecule has 1 atom stereocenters. The number of hydrogen-bond acceptors (Lipinski definition) is 5. The van der Waals surface area contributed by atoms with E-state index in [0.29, 0.717) is 0 Å². The van der Waals surface area contributed by atoms with E-state index >= 15 is 0 Å². The minimum atomic E-state index is -1.27. The third-order valence-corrected chi connectivity index (χ3v) is 2.03. The van der Waals surface area contributed by atoms with Crippen molar-refractivity contribution >= 4 is 11.9 Å². The minimum Gasteiger partial charge on any atom is -0.469 e. The van der Waals surface area contributed by atoms with Crippen LogP contribution in [-0.2, 0) is 19.1 Å². The molecule has 0 fully saturated rings. The maximum Gasteiger partial charge on any atom is 0.326 e. The lowest BCUT2D eigenvalue weighted by Crippen LogP contribution is -2.29. The van der Waals surface area contributed by atoms with E-state index in [1.54, 1.807) is 6.92 Å². The maximum atomic E-state index is 11.4. The van der Waals surface area contributed by atoms with Gasteiger partial charge in [0.15, 0.2) is 5.41 Å². The normalized spacial score (nSPS) is 13.5. The summed E-state index contributed by atoms with van der Waals surface area (Å²) in [7, 11) is 1.26. The van der Waals surface area contributed by atoms with E-state index < -0.39 is 17.4 Å². The molecular weight excluding hydrogens is 198 g/mol. The second-order valence-electron chi connectivity index (χ2n) is 3.24. The molecule has 0 radical (unpaired) electrons. The Labute approximate surface area is 89.0 Å². The predicted molar refractivity (Wildman–Crippen MR) is 51.6 cm³/mol. The van der Waals surface area contributed by atoms with Crippen LogP contribution in [0, 0.1) is 16.7 Å². The minimum absolute atomic E-state index is 0.0272.